The van der Waals surface area contributed by atoms with E-state index in [1.807, 2.05) is 0 Å². The zero-order chi connectivity index (χ0) is 11.5. The monoisotopic (exact) mass is 276 g/mol. The van der Waals surface area contributed by atoms with Crippen molar-refractivity contribution in [1.82, 2.24) is 0 Å². The van der Waals surface area contributed by atoms with Crippen molar-refractivity contribution in [3.63, 3.8) is 0 Å². The predicted molar refractivity (Wildman–Crippen MR) is 74.8 cm³/mol. The van der Waals surface area contributed by atoms with Crippen LogP contribution in [-0.2, 0) is 0 Å². The summed E-state index contributed by atoms with van der Waals surface area (Å²) in [7, 11) is 0. The molecule has 0 spiro atoms. The summed E-state index contributed by atoms with van der Waals surface area (Å²) in [4.78, 5) is 0.682. The van der Waals surface area contributed by atoms with Gasteiger partial charge in [0.05, 0.1) is 0 Å². The number of hydrogen-bond donors (Lipinski definition) is 0. The maximum Gasteiger partial charge on any atom is 0.0143 e. The summed E-state index contributed by atoms with van der Waals surface area (Å²) in [6.45, 7) is 6.89. The van der Waals surface area contributed by atoms with E-state index in [1.165, 1.54) is 57.8 Å². The Bertz CT molecular complexity index is 121. The first-order chi connectivity index (χ1) is 7.18. The fourth-order valence-electron chi connectivity index (χ4n) is 1.83. The van der Waals surface area contributed by atoms with Crippen molar-refractivity contribution in [2.45, 2.75) is 83.4 Å². The molecule has 15 heavy (non-hydrogen) atoms. The van der Waals surface area contributed by atoms with E-state index in [9.17, 15) is 0 Å². The van der Waals surface area contributed by atoms with E-state index in [4.69, 9.17) is 0 Å². The standard InChI is InChI=1S/C14H29Br/c1-4-5-6-7-8-9-10-11-12-13(2)14(3)15/h13-14H,4-12H2,1-3H3. The number of unbranched alkanes of at least 4 members (excludes halogenated alkanes) is 7. The molecule has 0 amide bonds. The van der Waals surface area contributed by atoms with Gasteiger partial charge in [0.2, 0.25) is 0 Å². The van der Waals surface area contributed by atoms with Gasteiger partial charge in [0.1, 0.15) is 0 Å². The zero-order valence-corrected chi connectivity index (χ0v) is 12.5. The Labute approximate surface area is 105 Å². The summed E-state index contributed by atoms with van der Waals surface area (Å²) in [5, 5.41) is 0. The number of alkyl halides is 1. The Balaban J connectivity index is 3.05. The number of hydrogen-bond acceptors (Lipinski definition) is 0. The summed E-state index contributed by atoms with van der Waals surface area (Å²) in [6, 6.07) is 0. The number of rotatable bonds is 10. The average Bonchev–Trinajstić information content (AvgIpc) is 2.21. The van der Waals surface area contributed by atoms with Crippen LogP contribution in [0.15, 0.2) is 0 Å². The number of halogens is 1. The highest BCUT2D eigenvalue weighted by Crippen LogP contribution is 2.19. The van der Waals surface area contributed by atoms with Crippen LogP contribution in [0.4, 0.5) is 0 Å². The summed E-state index contributed by atoms with van der Waals surface area (Å²) in [6.07, 6.45) is 12.9. The smallest absolute Gasteiger partial charge is 0.0143 e. The molecular weight excluding hydrogens is 248 g/mol. The highest BCUT2D eigenvalue weighted by atomic mass is 79.9. The molecule has 0 radical (unpaired) electrons. The van der Waals surface area contributed by atoms with E-state index < -0.39 is 0 Å². The normalized spacial score (nSPS) is 15.2. The maximum absolute atomic E-state index is 3.65. The van der Waals surface area contributed by atoms with Crippen molar-refractivity contribution in [3.05, 3.63) is 0 Å². The van der Waals surface area contributed by atoms with Crippen LogP contribution in [0, 0.1) is 5.92 Å². The van der Waals surface area contributed by atoms with Gasteiger partial charge in [-0.3, -0.25) is 0 Å². The van der Waals surface area contributed by atoms with E-state index >= 15 is 0 Å². The second kappa shape index (κ2) is 11.0. The van der Waals surface area contributed by atoms with Gasteiger partial charge in [-0.1, -0.05) is 88.1 Å². The third-order valence-corrected chi connectivity index (χ3v) is 4.20. The molecule has 0 bridgehead atoms. The molecule has 0 aromatic heterocycles. The van der Waals surface area contributed by atoms with Gasteiger partial charge in [-0.2, -0.15) is 0 Å². The van der Waals surface area contributed by atoms with Crippen molar-refractivity contribution in [3.8, 4) is 0 Å². The van der Waals surface area contributed by atoms with Gasteiger partial charge >= 0.3 is 0 Å². The van der Waals surface area contributed by atoms with E-state index in [0.717, 1.165) is 5.92 Å². The first-order valence-corrected chi connectivity index (χ1v) is 7.74. The van der Waals surface area contributed by atoms with Crippen molar-refractivity contribution < 1.29 is 0 Å². The molecule has 0 heterocycles. The Kier molecular flexibility index (Phi) is 11.3. The minimum absolute atomic E-state index is 0.682. The average molecular weight is 277 g/mol. The van der Waals surface area contributed by atoms with Crippen LogP contribution in [0.2, 0.25) is 0 Å². The lowest BCUT2D eigenvalue weighted by atomic mass is 9.99. The molecule has 0 saturated heterocycles. The minimum atomic E-state index is 0.682. The molecule has 0 aliphatic carbocycles. The Morgan fingerprint density at radius 2 is 1.27 bits per heavy atom. The SMILES string of the molecule is CCCCCCCCCCC(C)C(C)Br. The van der Waals surface area contributed by atoms with Crippen LogP contribution in [0.1, 0.15) is 78.6 Å². The summed E-state index contributed by atoms with van der Waals surface area (Å²) in [5.74, 6) is 0.838. The van der Waals surface area contributed by atoms with Gasteiger partial charge in [-0.25, -0.2) is 0 Å². The molecule has 0 saturated carbocycles. The zero-order valence-electron chi connectivity index (χ0n) is 10.9. The largest absolute Gasteiger partial charge is 0.0891 e. The molecule has 92 valence electrons. The van der Waals surface area contributed by atoms with Gasteiger partial charge in [-0.15, -0.1) is 0 Å². The summed E-state index contributed by atoms with van der Waals surface area (Å²) < 4.78 is 0. The van der Waals surface area contributed by atoms with Crippen LogP contribution < -0.4 is 0 Å². The molecule has 2 atom stereocenters. The van der Waals surface area contributed by atoms with E-state index in [1.54, 1.807) is 0 Å². The van der Waals surface area contributed by atoms with Crippen LogP contribution in [0.25, 0.3) is 0 Å². The van der Waals surface area contributed by atoms with Gasteiger partial charge in [-0.05, 0) is 12.3 Å². The van der Waals surface area contributed by atoms with Crippen molar-refractivity contribution in [2.75, 3.05) is 0 Å². The van der Waals surface area contributed by atoms with Crippen molar-refractivity contribution >= 4 is 15.9 Å². The molecule has 2 unspecified atom stereocenters. The maximum atomic E-state index is 3.65. The molecule has 0 aliphatic rings. The molecule has 1 heteroatoms. The van der Waals surface area contributed by atoms with Gasteiger partial charge in [0.15, 0.2) is 0 Å². The van der Waals surface area contributed by atoms with E-state index in [2.05, 4.69) is 36.7 Å². The molecule has 0 rings (SSSR count). The summed E-state index contributed by atoms with van der Waals surface area (Å²) >= 11 is 3.65. The van der Waals surface area contributed by atoms with Crippen LogP contribution in [0.5, 0.6) is 0 Å². The highest BCUT2D eigenvalue weighted by molar-refractivity contribution is 9.09. The molecule has 0 fully saturated rings. The molecule has 0 N–H and O–H groups in total. The predicted octanol–water partition coefficient (Wildman–Crippen LogP) is 5.94. The van der Waals surface area contributed by atoms with Crippen molar-refractivity contribution in [1.29, 1.82) is 0 Å². The first-order valence-electron chi connectivity index (χ1n) is 6.82. The molecule has 0 aromatic rings. The van der Waals surface area contributed by atoms with Crippen molar-refractivity contribution in [2.24, 2.45) is 5.92 Å². The van der Waals surface area contributed by atoms with Crippen LogP contribution >= 0.6 is 15.9 Å². The lowest BCUT2D eigenvalue weighted by Gasteiger charge is -2.13. The van der Waals surface area contributed by atoms with E-state index in [-0.39, 0.29) is 0 Å². The first kappa shape index (κ1) is 15.5. The third-order valence-electron chi connectivity index (χ3n) is 3.30. The topological polar surface area (TPSA) is 0 Å². The highest BCUT2D eigenvalue weighted by Gasteiger charge is 2.07. The Hall–Kier alpha value is 0.480. The van der Waals surface area contributed by atoms with Crippen LogP contribution in [-0.4, -0.2) is 4.83 Å². The fourth-order valence-corrected chi connectivity index (χ4v) is 2.09. The molecular formula is C14H29Br. The Morgan fingerprint density at radius 3 is 1.73 bits per heavy atom. The molecule has 0 aromatic carbocycles. The molecule has 0 nitrogen and oxygen atoms in total. The summed E-state index contributed by atoms with van der Waals surface area (Å²) in [5.41, 5.74) is 0. The lowest BCUT2D eigenvalue weighted by molar-refractivity contribution is 0.481. The second-order valence-corrected chi connectivity index (χ2v) is 6.36. The van der Waals surface area contributed by atoms with Gasteiger partial charge in [0.25, 0.3) is 0 Å². The lowest BCUT2D eigenvalue weighted by Crippen LogP contribution is -2.05. The quantitative estimate of drug-likeness (QED) is 0.342. The van der Waals surface area contributed by atoms with Gasteiger partial charge < -0.3 is 0 Å². The second-order valence-electron chi connectivity index (χ2n) is 4.92. The Morgan fingerprint density at radius 1 is 0.800 bits per heavy atom. The fraction of sp³-hybridized carbons (Fsp3) is 1.00. The van der Waals surface area contributed by atoms with Gasteiger partial charge in [0, 0.05) is 4.83 Å². The van der Waals surface area contributed by atoms with Crippen LogP contribution in [0.3, 0.4) is 0 Å². The minimum Gasteiger partial charge on any atom is -0.0891 e. The molecule has 0 aliphatic heterocycles. The van der Waals surface area contributed by atoms with E-state index in [0.29, 0.717) is 4.83 Å². The third kappa shape index (κ3) is 10.8.